The molecular formula is C18H16N8. The monoisotopic (exact) mass is 344 g/mol. The van der Waals surface area contributed by atoms with Crippen molar-refractivity contribution in [1.29, 1.82) is 5.26 Å². The molecule has 0 fully saturated rings. The summed E-state index contributed by atoms with van der Waals surface area (Å²) >= 11 is 0. The fraction of sp³-hybridized carbons (Fsp3) is 0.167. The molecule has 2 N–H and O–H groups in total. The lowest BCUT2D eigenvalue weighted by Crippen LogP contribution is -2.16. The zero-order valence-electron chi connectivity index (χ0n) is 14.1. The Kier molecular flexibility index (Phi) is 4.03. The van der Waals surface area contributed by atoms with Crippen LogP contribution in [-0.4, -0.2) is 37.7 Å². The number of nitrogens with zero attached hydrogens (tertiary/aromatic N) is 6. The summed E-state index contributed by atoms with van der Waals surface area (Å²) in [6, 6.07) is 11.9. The Morgan fingerprint density at radius 1 is 1.15 bits per heavy atom. The Morgan fingerprint density at radius 3 is 2.88 bits per heavy atom. The molecule has 0 atom stereocenters. The molecule has 0 radical (unpaired) electrons. The van der Waals surface area contributed by atoms with E-state index in [9.17, 15) is 5.26 Å². The molecule has 3 heterocycles. The molecule has 0 amide bonds. The number of benzene rings is 1. The molecule has 0 aliphatic carbocycles. The summed E-state index contributed by atoms with van der Waals surface area (Å²) in [6.45, 7) is 3.18. The van der Waals surface area contributed by atoms with Gasteiger partial charge in [-0.2, -0.15) is 19.9 Å². The van der Waals surface area contributed by atoms with Crippen LogP contribution in [0.2, 0.25) is 0 Å². The molecule has 0 aliphatic heterocycles. The van der Waals surface area contributed by atoms with Crippen LogP contribution >= 0.6 is 0 Å². The highest BCUT2D eigenvalue weighted by atomic mass is 15.3. The predicted molar refractivity (Wildman–Crippen MR) is 99.0 cm³/mol. The SMILES string of the molecule is Cc1cc(NCCNc2c(C#N)cnc3ccccc23)n2ncnc2n1. The lowest BCUT2D eigenvalue weighted by atomic mass is 10.1. The maximum Gasteiger partial charge on any atom is 0.254 e. The van der Waals surface area contributed by atoms with E-state index in [2.05, 4.69) is 36.8 Å². The van der Waals surface area contributed by atoms with Crippen LogP contribution in [0.25, 0.3) is 16.7 Å². The number of aryl methyl sites for hydroxylation is 1. The second-order valence-corrected chi connectivity index (χ2v) is 5.78. The van der Waals surface area contributed by atoms with Crippen molar-refractivity contribution in [3.63, 3.8) is 0 Å². The molecule has 0 saturated carbocycles. The molecule has 8 nitrogen and oxygen atoms in total. The number of para-hydroxylation sites is 1. The van der Waals surface area contributed by atoms with Crippen LogP contribution < -0.4 is 10.6 Å². The van der Waals surface area contributed by atoms with Gasteiger partial charge in [-0.3, -0.25) is 4.98 Å². The Bertz CT molecular complexity index is 1130. The number of nitrogens with one attached hydrogen (secondary N) is 2. The Morgan fingerprint density at radius 2 is 2.00 bits per heavy atom. The molecular weight excluding hydrogens is 328 g/mol. The molecule has 4 rings (SSSR count). The average Bonchev–Trinajstić information content (AvgIpc) is 3.13. The quantitative estimate of drug-likeness (QED) is 0.536. The number of rotatable bonds is 5. The van der Waals surface area contributed by atoms with Gasteiger partial charge in [0.15, 0.2) is 0 Å². The van der Waals surface area contributed by atoms with E-state index in [-0.39, 0.29) is 0 Å². The highest BCUT2D eigenvalue weighted by Gasteiger charge is 2.08. The summed E-state index contributed by atoms with van der Waals surface area (Å²) in [4.78, 5) is 12.8. The van der Waals surface area contributed by atoms with Crippen molar-refractivity contribution in [2.45, 2.75) is 6.92 Å². The van der Waals surface area contributed by atoms with Gasteiger partial charge in [0, 0.05) is 36.4 Å². The largest absolute Gasteiger partial charge is 0.382 e. The first-order valence-electron chi connectivity index (χ1n) is 8.19. The van der Waals surface area contributed by atoms with Crippen molar-refractivity contribution in [3.8, 4) is 6.07 Å². The van der Waals surface area contributed by atoms with Gasteiger partial charge in [-0.05, 0) is 13.0 Å². The Balaban J connectivity index is 1.51. The fourth-order valence-electron chi connectivity index (χ4n) is 2.85. The van der Waals surface area contributed by atoms with Gasteiger partial charge in [-0.25, -0.2) is 4.98 Å². The Labute approximate surface area is 149 Å². The van der Waals surface area contributed by atoms with Crippen LogP contribution in [0.3, 0.4) is 0 Å². The van der Waals surface area contributed by atoms with Gasteiger partial charge in [0.1, 0.15) is 18.2 Å². The zero-order valence-corrected chi connectivity index (χ0v) is 14.1. The third-order valence-corrected chi connectivity index (χ3v) is 4.01. The van der Waals surface area contributed by atoms with E-state index < -0.39 is 0 Å². The molecule has 26 heavy (non-hydrogen) atoms. The standard InChI is InChI=1S/C18H16N8/c1-12-8-16(26-18(25-12)23-11-24-26)20-6-7-21-17-13(9-19)10-22-15-5-3-2-4-14(15)17/h2-5,8,10-11,20H,6-7H2,1H3,(H,21,22). The van der Waals surface area contributed by atoms with Gasteiger partial charge in [0.05, 0.1) is 16.8 Å². The minimum Gasteiger partial charge on any atom is -0.382 e. The van der Waals surface area contributed by atoms with E-state index in [0.717, 1.165) is 28.1 Å². The summed E-state index contributed by atoms with van der Waals surface area (Å²) in [5, 5.41) is 21.2. The first-order valence-corrected chi connectivity index (χ1v) is 8.19. The predicted octanol–water partition coefficient (Wildman–Crippen LogP) is 2.38. The first-order chi connectivity index (χ1) is 12.8. The van der Waals surface area contributed by atoms with Crippen molar-refractivity contribution in [2.75, 3.05) is 23.7 Å². The number of anilines is 2. The van der Waals surface area contributed by atoms with Gasteiger partial charge in [-0.15, -0.1) is 0 Å². The lowest BCUT2D eigenvalue weighted by molar-refractivity contribution is 0.915. The first kappa shape index (κ1) is 15.8. The summed E-state index contributed by atoms with van der Waals surface area (Å²) < 4.78 is 1.66. The third-order valence-electron chi connectivity index (χ3n) is 4.01. The normalized spacial score (nSPS) is 10.8. The van der Waals surface area contributed by atoms with Crippen LogP contribution in [-0.2, 0) is 0 Å². The minimum absolute atomic E-state index is 0.530. The van der Waals surface area contributed by atoms with E-state index in [0.29, 0.717) is 24.4 Å². The number of hydrogen-bond donors (Lipinski definition) is 2. The van der Waals surface area contributed by atoms with Crippen LogP contribution in [0.4, 0.5) is 11.5 Å². The molecule has 3 aromatic heterocycles. The fourth-order valence-corrected chi connectivity index (χ4v) is 2.85. The van der Waals surface area contributed by atoms with E-state index in [4.69, 9.17) is 0 Å². The molecule has 0 aliphatic rings. The second kappa shape index (κ2) is 6.64. The molecule has 0 saturated heterocycles. The maximum absolute atomic E-state index is 9.37. The van der Waals surface area contributed by atoms with E-state index in [1.165, 1.54) is 6.33 Å². The molecule has 1 aromatic carbocycles. The number of hydrogen-bond acceptors (Lipinski definition) is 7. The molecule has 4 aromatic rings. The second-order valence-electron chi connectivity index (χ2n) is 5.78. The van der Waals surface area contributed by atoms with Gasteiger partial charge in [0.2, 0.25) is 0 Å². The summed E-state index contributed by atoms with van der Waals surface area (Å²) in [6.07, 6.45) is 3.08. The van der Waals surface area contributed by atoms with Crippen LogP contribution in [0, 0.1) is 18.3 Å². The van der Waals surface area contributed by atoms with Crippen molar-refractivity contribution in [1.82, 2.24) is 24.6 Å². The van der Waals surface area contributed by atoms with Crippen LogP contribution in [0.1, 0.15) is 11.3 Å². The summed E-state index contributed by atoms with van der Waals surface area (Å²) in [7, 11) is 0. The topological polar surface area (TPSA) is 104 Å². The Hall–Kier alpha value is -3.73. The molecule has 8 heteroatoms. The number of nitriles is 1. The molecule has 0 unspecified atom stereocenters. The minimum atomic E-state index is 0.530. The highest BCUT2D eigenvalue weighted by molar-refractivity contribution is 5.93. The summed E-state index contributed by atoms with van der Waals surface area (Å²) in [5.74, 6) is 1.39. The number of aromatic nitrogens is 5. The zero-order chi connectivity index (χ0) is 17.9. The maximum atomic E-state index is 9.37. The van der Waals surface area contributed by atoms with Gasteiger partial charge in [0.25, 0.3) is 5.78 Å². The summed E-state index contributed by atoms with van der Waals surface area (Å²) in [5.41, 5.74) is 3.06. The number of fused-ring (bicyclic) bond motifs is 2. The van der Waals surface area contributed by atoms with Crippen LogP contribution in [0.15, 0.2) is 42.9 Å². The van der Waals surface area contributed by atoms with E-state index in [1.54, 1.807) is 10.7 Å². The van der Waals surface area contributed by atoms with Crippen molar-refractivity contribution >= 4 is 28.2 Å². The van der Waals surface area contributed by atoms with Crippen molar-refractivity contribution in [3.05, 3.63) is 54.1 Å². The van der Waals surface area contributed by atoms with E-state index >= 15 is 0 Å². The lowest BCUT2D eigenvalue weighted by Gasteiger charge is -2.13. The number of pyridine rings is 1. The van der Waals surface area contributed by atoms with Crippen LogP contribution in [0.5, 0.6) is 0 Å². The molecule has 0 bridgehead atoms. The smallest absolute Gasteiger partial charge is 0.254 e. The van der Waals surface area contributed by atoms with Crippen molar-refractivity contribution in [2.24, 2.45) is 0 Å². The third kappa shape index (κ3) is 2.86. The average molecular weight is 344 g/mol. The van der Waals surface area contributed by atoms with Gasteiger partial charge < -0.3 is 10.6 Å². The molecule has 0 spiro atoms. The van der Waals surface area contributed by atoms with E-state index in [1.807, 2.05) is 37.3 Å². The van der Waals surface area contributed by atoms with Crippen molar-refractivity contribution < 1.29 is 0 Å². The molecule has 128 valence electrons. The highest BCUT2D eigenvalue weighted by Crippen LogP contribution is 2.25. The van der Waals surface area contributed by atoms with Gasteiger partial charge >= 0.3 is 0 Å². The van der Waals surface area contributed by atoms with Gasteiger partial charge in [-0.1, -0.05) is 18.2 Å².